The summed E-state index contributed by atoms with van der Waals surface area (Å²) in [4.78, 5) is 30.8. The van der Waals surface area contributed by atoms with Gasteiger partial charge in [0.15, 0.2) is 0 Å². The second kappa shape index (κ2) is 10.0. The van der Waals surface area contributed by atoms with Crippen LogP contribution < -0.4 is 0 Å². The molecule has 0 aliphatic carbocycles. The van der Waals surface area contributed by atoms with Crippen molar-refractivity contribution in [3.05, 3.63) is 99.3 Å². The molecule has 5 rings (SSSR count). The largest absolute Gasteiger partial charge is 0.416 e. The lowest BCUT2D eigenvalue weighted by Gasteiger charge is -2.14. The molecule has 1 saturated heterocycles. The zero-order valence-corrected chi connectivity index (χ0v) is 20.6. The number of carbonyl (C=O) groups is 2. The first-order chi connectivity index (χ1) is 17.7. The van der Waals surface area contributed by atoms with Crippen LogP contribution >= 0.6 is 23.4 Å². The third-order valence-electron chi connectivity index (χ3n) is 5.88. The number of fused-ring (bicyclic) bond motifs is 1. The number of rotatable bonds is 6. The maximum Gasteiger partial charge on any atom is 0.416 e. The highest BCUT2D eigenvalue weighted by Gasteiger charge is 2.35. The van der Waals surface area contributed by atoms with Crippen molar-refractivity contribution in [3.8, 4) is 0 Å². The number of hydrogen-bond donors (Lipinski definition) is 0. The van der Waals surface area contributed by atoms with Crippen LogP contribution in [0.2, 0.25) is 5.02 Å². The van der Waals surface area contributed by atoms with Gasteiger partial charge in [-0.3, -0.25) is 24.2 Å². The number of aromatic nitrogens is 3. The number of pyridine rings is 1. The number of hydrogen-bond acceptors (Lipinski definition) is 5. The topological polar surface area (TPSA) is 68.1 Å². The average molecular weight is 543 g/mol. The predicted molar refractivity (Wildman–Crippen MR) is 136 cm³/mol. The first-order valence-corrected chi connectivity index (χ1v) is 12.3. The molecule has 1 aliphatic rings. The molecule has 0 N–H and O–H groups in total. The molecular weight excluding hydrogens is 525 g/mol. The number of benzene rings is 2. The molecular formula is C26H18ClF3N4O2S. The van der Waals surface area contributed by atoms with Crippen LogP contribution in [0.4, 0.5) is 18.0 Å². The van der Waals surface area contributed by atoms with Gasteiger partial charge in [-0.1, -0.05) is 29.8 Å². The molecule has 0 atom stereocenters. The van der Waals surface area contributed by atoms with E-state index in [1.807, 2.05) is 6.07 Å². The van der Waals surface area contributed by atoms with Crippen molar-refractivity contribution >= 4 is 51.5 Å². The molecule has 2 aromatic carbocycles. The molecule has 6 nitrogen and oxygen atoms in total. The molecule has 11 heteroatoms. The lowest BCUT2D eigenvalue weighted by Crippen LogP contribution is -2.30. The summed E-state index contributed by atoms with van der Waals surface area (Å²) >= 11 is 6.65. The molecule has 2 amide bonds. The molecule has 2 aromatic heterocycles. The summed E-state index contributed by atoms with van der Waals surface area (Å²) in [6, 6.07) is 12.6. The Hall–Kier alpha value is -3.63. The Morgan fingerprint density at radius 2 is 1.89 bits per heavy atom. The minimum atomic E-state index is -4.54. The van der Waals surface area contributed by atoms with Crippen molar-refractivity contribution in [1.82, 2.24) is 19.7 Å². The third-order valence-corrected chi connectivity index (χ3v) is 7.02. The summed E-state index contributed by atoms with van der Waals surface area (Å²) in [5, 5.41) is 4.62. The average Bonchev–Trinajstić information content (AvgIpc) is 3.38. The Morgan fingerprint density at radius 1 is 1.05 bits per heavy atom. The monoisotopic (exact) mass is 542 g/mol. The van der Waals surface area contributed by atoms with Crippen molar-refractivity contribution in [3.63, 3.8) is 0 Å². The van der Waals surface area contributed by atoms with E-state index in [4.69, 9.17) is 11.6 Å². The standard InChI is InChI=1S/C26H18ClF3N4O2S/c27-20-5-4-18(21(12-20)26(28,29)30)15-34-22-6-3-17(10-19(22)14-32-34)11-23-24(35)33(25(36)37-23)9-7-16-2-1-8-31-13-16/h1-6,8,10-14H,7,9,15H2. The van der Waals surface area contributed by atoms with Crippen molar-refractivity contribution in [2.24, 2.45) is 0 Å². The maximum atomic E-state index is 13.5. The van der Waals surface area contributed by atoms with Crippen molar-refractivity contribution in [2.75, 3.05) is 6.54 Å². The summed E-state index contributed by atoms with van der Waals surface area (Å²) < 4.78 is 41.9. The Balaban J connectivity index is 1.35. The Labute approximate surface area is 218 Å². The fraction of sp³-hybridized carbons (Fsp3) is 0.154. The molecule has 0 bridgehead atoms. The number of nitrogens with zero attached hydrogens (tertiary/aromatic N) is 4. The maximum absolute atomic E-state index is 13.5. The minimum absolute atomic E-state index is 0.00697. The van der Waals surface area contributed by atoms with Gasteiger partial charge in [-0.05, 0) is 71.3 Å². The fourth-order valence-corrected chi connectivity index (χ4v) is 5.10. The van der Waals surface area contributed by atoms with Crippen LogP contribution in [0.25, 0.3) is 17.0 Å². The fourth-order valence-electron chi connectivity index (χ4n) is 4.06. The van der Waals surface area contributed by atoms with Crippen molar-refractivity contribution in [1.29, 1.82) is 0 Å². The molecule has 0 saturated carbocycles. The number of alkyl halides is 3. The lowest BCUT2D eigenvalue weighted by molar-refractivity contribution is -0.138. The Kier molecular flexibility index (Phi) is 6.78. The predicted octanol–water partition coefficient (Wildman–Crippen LogP) is 6.43. The highest BCUT2D eigenvalue weighted by atomic mass is 35.5. The zero-order valence-electron chi connectivity index (χ0n) is 19.1. The molecule has 3 heterocycles. The summed E-state index contributed by atoms with van der Waals surface area (Å²) in [6.07, 6.45) is 2.50. The molecule has 1 aliphatic heterocycles. The molecule has 4 aromatic rings. The molecule has 0 spiro atoms. The van der Waals surface area contributed by atoms with Crippen LogP contribution in [-0.2, 0) is 23.9 Å². The van der Waals surface area contributed by atoms with E-state index in [0.29, 0.717) is 27.8 Å². The van der Waals surface area contributed by atoms with E-state index >= 15 is 0 Å². The van der Waals surface area contributed by atoms with Gasteiger partial charge in [0.2, 0.25) is 0 Å². The van der Waals surface area contributed by atoms with Crippen molar-refractivity contribution in [2.45, 2.75) is 19.1 Å². The second-order valence-corrected chi connectivity index (χ2v) is 9.79. The number of carbonyl (C=O) groups excluding carboxylic acids is 2. The molecule has 188 valence electrons. The smallest absolute Gasteiger partial charge is 0.268 e. The van der Waals surface area contributed by atoms with Gasteiger partial charge in [-0.2, -0.15) is 18.3 Å². The van der Waals surface area contributed by atoms with Crippen LogP contribution in [0, 0.1) is 0 Å². The Bertz CT molecular complexity index is 1540. The molecule has 1 fully saturated rings. The van der Waals surface area contributed by atoms with E-state index in [2.05, 4.69) is 10.1 Å². The molecule has 37 heavy (non-hydrogen) atoms. The lowest BCUT2D eigenvalue weighted by atomic mass is 10.1. The summed E-state index contributed by atoms with van der Waals surface area (Å²) in [6.45, 7) is 0.162. The van der Waals surface area contributed by atoms with Gasteiger partial charge in [0.1, 0.15) is 0 Å². The van der Waals surface area contributed by atoms with Gasteiger partial charge >= 0.3 is 6.18 Å². The van der Waals surface area contributed by atoms with E-state index in [0.717, 1.165) is 23.4 Å². The van der Waals surface area contributed by atoms with Gasteiger partial charge in [-0.25, -0.2) is 0 Å². The number of halogens is 4. The van der Waals surface area contributed by atoms with Gasteiger partial charge < -0.3 is 0 Å². The van der Waals surface area contributed by atoms with E-state index < -0.39 is 11.7 Å². The molecule has 0 unspecified atom stereocenters. The first-order valence-electron chi connectivity index (χ1n) is 11.1. The SMILES string of the molecule is O=C1SC(=Cc2ccc3c(cnn3Cc3ccc(Cl)cc3C(F)(F)F)c2)C(=O)N1CCc1cccnc1. The highest BCUT2D eigenvalue weighted by molar-refractivity contribution is 8.18. The second-order valence-electron chi connectivity index (χ2n) is 8.36. The van der Waals surface area contributed by atoms with Crippen LogP contribution in [0.15, 0.2) is 72.0 Å². The number of thioether (sulfide) groups is 1. The van der Waals surface area contributed by atoms with Crippen LogP contribution in [0.3, 0.4) is 0 Å². The summed E-state index contributed by atoms with van der Waals surface area (Å²) in [5.41, 5.74) is 1.47. The van der Waals surface area contributed by atoms with Gasteiger partial charge in [0.25, 0.3) is 11.1 Å². The zero-order chi connectivity index (χ0) is 26.2. The van der Waals surface area contributed by atoms with Crippen LogP contribution in [0.5, 0.6) is 0 Å². The highest BCUT2D eigenvalue weighted by Crippen LogP contribution is 2.35. The van der Waals surface area contributed by atoms with Crippen LogP contribution in [0.1, 0.15) is 22.3 Å². The summed E-state index contributed by atoms with van der Waals surface area (Å²) in [5.74, 6) is -0.364. The third kappa shape index (κ3) is 5.40. The number of amides is 2. The van der Waals surface area contributed by atoms with Gasteiger partial charge in [0.05, 0.1) is 28.7 Å². The number of imide groups is 1. The minimum Gasteiger partial charge on any atom is -0.268 e. The molecule has 0 radical (unpaired) electrons. The summed E-state index contributed by atoms with van der Waals surface area (Å²) in [7, 11) is 0. The Morgan fingerprint density at radius 3 is 2.65 bits per heavy atom. The van der Waals surface area contributed by atoms with E-state index in [1.54, 1.807) is 48.9 Å². The van der Waals surface area contributed by atoms with Gasteiger partial charge in [0, 0.05) is 29.3 Å². The van der Waals surface area contributed by atoms with Crippen LogP contribution in [-0.4, -0.2) is 37.4 Å². The quantitative estimate of drug-likeness (QED) is 0.263. The van der Waals surface area contributed by atoms with E-state index in [9.17, 15) is 22.8 Å². The van der Waals surface area contributed by atoms with E-state index in [-0.39, 0.29) is 34.8 Å². The van der Waals surface area contributed by atoms with Gasteiger partial charge in [-0.15, -0.1) is 0 Å². The van der Waals surface area contributed by atoms with E-state index in [1.165, 1.54) is 21.7 Å². The normalized spacial score (nSPS) is 15.4. The van der Waals surface area contributed by atoms with Crippen molar-refractivity contribution < 1.29 is 22.8 Å². The first kappa shape index (κ1) is 25.0.